The molecular formula is C11H15ClFNO. The summed E-state index contributed by atoms with van der Waals surface area (Å²) in [5.74, 6) is 0.328. The Balaban J connectivity index is 0.00000112. The summed E-state index contributed by atoms with van der Waals surface area (Å²) in [6, 6.07) is 4.88. The van der Waals surface area contributed by atoms with Crippen LogP contribution in [0.25, 0.3) is 0 Å². The number of rotatable bonds is 3. The maximum Gasteiger partial charge on any atom is 0.129 e. The van der Waals surface area contributed by atoms with E-state index >= 15 is 0 Å². The van der Waals surface area contributed by atoms with Gasteiger partial charge in [-0.1, -0.05) is 6.07 Å². The van der Waals surface area contributed by atoms with Gasteiger partial charge in [-0.15, -0.1) is 12.4 Å². The van der Waals surface area contributed by atoms with Crippen molar-refractivity contribution in [3.63, 3.8) is 0 Å². The predicted molar refractivity (Wildman–Crippen MR) is 60.0 cm³/mol. The summed E-state index contributed by atoms with van der Waals surface area (Å²) >= 11 is 0. The lowest BCUT2D eigenvalue weighted by molar-refractivity contribution is 0.278. The molecule has 1 aromatic rings. The van der Waals surface area contributed by atoms with Gasteiger partial charge in [0.2, 0.25) is 0 Å². The highest BCUT2D eigenvalue weighted by molar-refractivity contribution is 5.85. The van der Waals surface area contributed by atoms with Crippen LogP contribution in [0.5, 0.6) is 5.75 Å². The van der Waals surface area contributed by atoms with Crippen molar-refractivity contribution in [3.8, 4) is 5.75 Å². The van der Waals surface area contributed by atoms with Crippen LogP contribution in [0.1, 0.15) is 18.4 Å². The largest absolute Gasteiger partial charge is 0.492 e. The van der Waals surface area contributed by atoms with Crippen LogP contribution in [0.15, 0.2) is 18.2 Å². The SMILES string of the molecule is Cc1ccc(OCC2(N)CC2)cc1F.Cl. The Bertz CT molecular complexity index is 352. The van der Waals surface area contributed by atoms with Gasteiger partial charge in [0.25, 0.3) is 0 Å². The Labute approximate surface area is 95.0 Å². The number of hydrogen-bond donors (Lipinski definition) is 1. The fourth-order valence-electron chi connectivity index (χ4n) is 1.20. The van der Waals surface area contributed by atoms with Crippen molar-refractivity contribution in [3.05, 3.63) is 29.6 Å². The summed E-state index contributed by atoms with van der Waals surface area (Å²) in [7, 11) is 0. The standard InChI is InChI=1S/C11H14FNO.ClH/c1-8-2-3-9(6-10(8)12)14-7-11(13)4-5-11;/h2-3,6H,4-5,7,13H2,1H3;1H. The second-order valence-corrected chi connectivity index (χ2v) is 4.06. The van der Waals surface area contributed by atoms with Gasteiger partial charge in [0.05, 0.1) is 5.54 Å². The van der Waals surface area contributed by atoms with E-state index in [1.807, 2.05) is 0 Å². The van der Waals surface area contributed by atoms with Crippen LogP contribution >= 0.6 is 12.4 Å². The molecule has 2 nitrogen and oxygen atoms in total. The first kappa shape index (κ1) is 12.3. The summed E-state index contributed by atoms with van der Waals surface area (Å²) in [6.07, 6.45) is 2.00. The van der Waals surface area contributed by atoms with E-state index in [4.69, 9.17) is 10.5 Å². The summed E-state index contributed by atoms with van der Waals surface area (Å²) in [5.41, 5.74) is 6.32. The molecule has 0 aromatic heterocycles. The number of benzene rings is 1. The van der Waals surface area contributed by atoms with Gasteiger partial charge in [0, 0.05) is 6.07 Å². The third kappa shape index (κ3) is 3.08. The van der Waals surface area contributed by atoms with Gasteiger partial charge in [-0.3, -0.25) is 0 Å². The first-order valence-electron chi connectivity index (χ1n) is 4.77. The lowest BCUT2D eigenvalue weighted by Crippen LogP contribution is -2.29. The minimum atomic E-state index is -0.232. The highest BCUT2D eigenvalue weighted by Gasteiger charge is 2.39. The molecule has 0 saturated heterocycles. The van der Waals surface area contributed by atoms with E-state index in [1.165, 1.54) is 6.07 Å². The van der Waals surface area contributed by atoms with Crippen molar-refractivity contribution in [1.29, 1.82) is 0 Å². The third-order valence-corrected chi connectivity index (χ3v) is 2.56. The minimum absolute atomic E-state index is 0. The average Bonchev–Trinajstić information content (AvgIpc) is 2.87. The maximum absolute atomic E-state index is 13.1. The van der Waals surface area contributed by atoms with Crippen molar-refractivity contribution >= 4 is 12.4 Å². The van der Waals surface area contributed by atoms with Gasteiger partial charge in [0.15, 0.2) is 0 Å². The molecule has 0 spiro atoms. The Morgan fingerprint density at radius 1 is 1.47 bits per heavy atom. The molecule has 2 rings (SSSR count). The first-order chi connectivity index (χ1) is 6.59. The second kappa shape index (κ2) is 4.37. The fraction of sp³-hybridized carbons (Fsp3) is 0.455. The van der Waals surface area contributed by atoms with Crippen LogP contribution in [-0.4, -0.2) is 12.1 Å². The van der Waals surface area contributed by atoms with Crippen LogP contribution in [0, 0.1) is 12.7 Å². The highest BCUT2D eigenvalue weighted by Crippen LogP contribution is 2.32. The molecule has 0 amide bonds. The van der Waals surface area contributed by atoms with E-state index in [2.05, 4.69) is 0 Å². The van der Waals surface area contributed by atoms with Crippen LogP contribution in [0.3, 0.4) is 0 Å². The monoisotopic (exact) mass is 231 g/mol. The van der Waals surface area contributed by atoms with Gasteiger partial charge in [-0.2, -0.15) is 0 Å². The third-order valence-electron chi connectivity index (χ3n) is 2.56. The molecular weight excluding hydrogens is 217 g/mol. The van der Waals surface area contributed by atoms with Gasteiger partial charge < -0.3 is 10.5 Å². The number of hydrogen-bond acceptors (Lipinski definition) is 2. The van der Waals surface area contributed by atoms with Gasteiger partial charge in [-0.25, -0.2) is 4.39 Å². The van der Waals surface area contributed by atoms with E-state index < -0.39 is 0 Å². The molecule has 2 N–H and O–H groups in total. The fourth-order valence-corrected chi connectivity index (χ4v) is 1.20. The lowest BCUT2D eigenvalue weighted by Gasteiger charge is -2.11. The Kier molecular flexibility index (Phi) is 3.58. The molecule has 84 valence electrons. The topological polar surface area (TPSA) is 35.2 Å². The summed E-state index contributed by atoms with van der Waals surface area (Å²) in [5, 5.41) is 0. The zero-order chi connectivity index (χ0) is 10.2. The van der Waals surface area contributed by atoms with Crippen LogP contribution in [0.4, 0.5) is 4.39 Å². The summed E-state index contributed by atoms with van der Waals surface area (Å²) in [4.78, 5) is 0. The van der Waals surface area contributed by atoms with E-state index in [-0.39, 0.29) is 23.8 Å². The summed E-state index contributed by atoms with van der Waals surface area (Å²) < 4.78 is 18.5. The molecule has 0 atom stereocenters. The Morgan fingerprint density at radius 3 is 2.67 bits per heavy atom. The molecule has 1 aromatic carbocycles. The van der Waals surface area contributed by atoms with Gasteiger partial charge >= 0.3 is 0 Å². The van der Waals surface area contributed by atoms with E-state index in [0.29, 0.717) is 17.9 Å². The molecule has 0 bridgehead atoms. The molecule has 1 fully saturated rings. The van der Waals surface area contributed by atoms with E-state index in [9.17, 15) is 4.39 Å². The molecule has 0 heterocycles. The molecule has 4 heteroatoms. The second-order valence-electron chi connectivity index (χ2n) is 4.06. The molecule has 1 saturated carbocycles. The van der Waals surface area contributed by atoms with Gasteiger partial charge in [0.1, 0.15) is 18.2 Å². The molecule has 0 aliphatic heterocycles. The van der Waals surface area contributed by atoms with Crippen molar-refractivity contribution < 1.29 is 9.13 Å². The quantitative estimate of drug-likeness (QED) is 0.867. The normalized spacial score (nSPS) is 16.7. The smallest absolute Gasteiger partial charge is 0.129 e. The molecule has 0 radical (unpaired) electrons. The van der Waals surface area contributed by atoms with Gasteiger partial charge in [-0.05, 0) is 31.4 Å². The average molecular weight is 232 g/mol. The highest BCUT2D eigenvalue weighted by atomic mass is 35.5. The van der Waals surface area contributed by atoms with E-state index in [0.717, 1.165) is 12.8 Å². The van der Waals surface area contributed by atoms with Crippen molar-refractivity contribution in [1.82, 2.24) is 0 Å². The molecule has 0 unspecified atom stereocenters. The van der Waals surface area contributed by atoms with Crippen LogP contribution < -0.4 is 10.5 Å². The maximum atomic E-state index is 13.1. The minimum Gasteiger partial charge on any atom is -0.492 e. The Hall–Kier alpha value is -0.800. The predicted octanol–water partition coefficient (Wildman–Crippen LogP) is 2.43. The van der Waals surface area contributed by atoms with E-state index in [1.54, 1.807) is 19.1 Å². The zero-order valence-electron chi connectivity index (χ0n) is 8.63. The van der Waals surface area contributed by atoms with Crippen molar-refractivity contribution in [2.24, 2.45) is 5.73 Å². The number of ether oxygens (including phenoxy) is 1. The molecule has 15 heavy (non-hydrogen) atoms. The number of nitrogens with two attached hydrogens (primary N) is 1. The van der Waals surface area contributed by atoms with Crippen molar-refractivity contribution in [2.75, 3.05) is 6.61 Å². The molecule has 1 aliphatic carbocycles. The lowest BCUT2D eigenvalue weighted by atomic mass is 10.2. The zero-order valence-corrected chi connectivity index (χ0v) is 9.44. The summed E-state index contributed by atoms with van der Waals surface area (Å²) in [6.45, 7) is 2.21. The number of aryl methyl sites for hydroxylation is 1. The first-order valence-corrected chi connectivity index (χ1v) is 4.77. The molecule has 1 aliphatic rings. The Morgan fingerprint density at radius 2 is 2.13 bits per heavy atom. The van der Waals surface area contributed by atoms with Crippen LogP contribution in [0.2, 0.25) is 0 Å². The number of halogens is 2. The van der Waals surface area contributed by atoms with Crippen molar-refractivity contribution in [2.45, 2.75) is 25.3 Å². The van der Waals surface area contributed by atoms with Crippen LogP contribution in [-0.2, 0) is 0 Å².